The summed E-state index contributed by atoms with van der Waals surface area (Å²) in [5.41, 5.74) is 1.95. The van der Waals surface area contributed by atoms with E-state index in [0.29, 0.717) is 46.0 Å². The van der Waals surface area contributed by atoms with Crippen molar-refractivity contribution >= 4 is 39.2 Å². The van der Waals surface area contributed by atoms with Gasteiger partial charge in [-0.3, -0.25) is 5.32 Å². The average Bonchev–Trinajstić information content (AvgIpc) is 3.35. The molecular weight excluding hydrogens is 390 g/mol. The first kappa shape index (κ1) is 18.8. The molecule has 0 aliphatic rings. The minimum Gasteiger partial charge on any atom is -0.497 e. The molecule has 0 spiro atoms. The average molecular weight is 409 g/mol. The van der Waals surface area contributed by atoms with E-state index in [1.165, 1.54) is 11.3 Å². The van der Waals surface area contributed by atoms with Gasteiger partial charge in [0.25, 0.3) is 0 Å². The van der Waals surface area contributed by atoms with Crippen molar-refractivity contribution in [1.82, 2.24) is 4.98 Å². The first-order valence-electron chi connectivity index (χ1n) is 8.99. The first-order chi connectivity index (χ1) is 14.2. The number of carbonyl (C=O) groups is 1. The van der Waals surface area contributed by atoms with Gasteiger partial charge >= 0.3 is 6.03 Å². The van der Waals surface area contributed by atoms with Crippen LogP contribution in [0.3, 0.4) is 0 Å². The number of anilines is 2. The Morgan fingerprint density at radius 3 is 2.86 bits per heavy atom. The van der Waals surface area contributed by atoms with Gasteiger partial charge in [-0.25, -0.2) is 9.78 Å². The highest BCUT2D eigenvalue weighted by atomic mass is 32.1. The maximum Gasteiger partial charge on any atom is 0.325 e. The van der Waals surface area contributed by atoms with E-state index in [-0.39, 0.29) is 6.03 Å². The summed E-state index contributed by atoms with van der Waals surface area (Å²) in [5, 5.41) is 8.72. The molecule has 2 amide bonds. The molecule has 29 heavy (non-hydrogen) atoms. The predicted molar refractivity (Wildman–Crippen MR) is 114 cm³/mol. The van der Waals surface area contributed by atoms with E-state index in [9.17, 15) is 4.79 Å². The van der Waals surface area contributed by atoms with Gasteiger partial charge < -0.3 is 19.2 Å². The fourth-order valence-electron chi connectivity index (χ4n) is 2.84. The number of nitrogens with one attached hydrogen (secondary N) is 2. The van der Waals surface area contributed by atoms with Gasteiger partial charge in [-0.1, -0.05) is 18.2 Å². The fraction of sp³-hybridized carbons (Fsp3) is 0.143. The Morgan fingerprint density at radius 1 is 1.17 bits per heavy atom. The number of thiazole rings is 1. The second kappa shape index (κ2) is 8.24. The molecule has 2 heterocycles. The summed E-state index contributed by atoms with van der Waals surface area (Å²) in [6.07, 6.45) is 0. The van der Waals surface area contributed by atoms with Crippen LogP contribution in [0.1, 0.15) is 6.92 Å². The number of fused-ring (bicyclic) bond motifs is 1. The number of hydrogen-bond acceptors (Lipinski definition) is 6. The highest BCUT2D eigenvalue weighted by Crippen LogP contribution is 2.34. The Hall–Kier alpha value is -3.52. The zero-order valence-corrected chi connectivity index (χ0v) is 16.7. The molecule has 0 bridgehead atoms. The molecule has 148 valence electrons. The summed E-state index contributed by atoms with van der Waals surface area (Å²) in [7, 11) is 1.58. The third-order valence-corrected chi connectivity index (χ3v) is 4.87. The number of hydrogen-bond donors (Lipinski definition) is 2. The fourth-order valence-corrected chi connectivity index (χ4v) is 3.53. The van der Waals surface area contributed by atoms with Crippen LogP contribution in [0.25, 0.3) is 22.4 Å². The maximum absolute atomic E-state index is 12.2. The Kier molecular flexibility index (Phi) is 5.35. The van der Waals surface area contributed by atoms with Crippen LogP contribution < -0.4 is 20.1 Å². The molecule has 2 aromatic heterocycles. The van der Waals surface area contributed by atoms with Gasteiger partial charge in [-0.2, -0.15) is 0 Å². The van der Waals surface area contributed by atoms with Crippen molar-refractivity contribution in [2.75, 3.05) is 24.4 Å². The molecule has 2 N–H and O–H groups in total. The maximum atomic E-state index is 12.2. The van der Waals surface area contributed by atoms with E-state index in [1.807, 2.05) is 36.6 Å². The van der Waals surface area contributed by atoms with Gasteiger partial charge in [0.2, 0.25) is 0 Å². The lowest BCUT2D eigenvalue weighted by atomic mass is 10.2. The van der Waals surface area contributed by atoms with Crippen LogP contribution in [0.5, 0.6) is 11.5 Å². The highest BCUT2D eigenvalue weighted by Gasteiger charge is 2.14. The topological polar surface area (TPSA) is 85.6 Å². The van der Waals surface area contributed by atoms with Gasteiger partial charge in [-0.05, 0) is 31.2 Å². The molecule has 0 unspecified atom stereocenters. The number of carbonyl (C=O) groups excluding carboxylic acids is 1. The number of nitrogens with zero attached hydrogens (tertiary/aromatic N) is 1. The second-order valence-corrected chi connectivity index (χ2v) is 6.93. The van der Waals surface area contributed by atoms with Crippen molar-refractivity contribution < 1.29 is 18.7 Å². The predicted octanol–water partition coefficient (Wildman–Crippen LogP) is 5.61. The SMILES string of the molecule is CCOc1cccc2cc(-c3csc(NC(=O)Nc4cccc(OC)c4)n3)oc12. The van der Waals surface area contributed by atoms with E-state index in [4.69, 9.17) is 13.9 Å². The smallest absolute Gasteiger partial charge is 0.325 e. The summed E-state index contributed by atoms with van der Waals surface area (Å²) in [5.74, 6) is 1.97. The van der Waals surface area contributed by atoms with Crippen molar-refractivity contribution in [2.45, 2.75) is 6.92 Å². The zero-order chi connectivity index (χ0) is 20.2. The number of rotatable bonds is 6. The van der Waals surface area contributed by atoms with E-state index in [2.05, 4.69) is 15.6 Å². The number of furan rings is 1. The number of aromatic nitrogens is 1. The standard InChI is InChI=1S/C21H19N3O4S/c1-3-27-17-9-4-6-13-10-18(28-19(13)17)16-12-29-21(23-16)24-20(25)22-14-7-5-8-15(11-14)26-2/h4-12H,3H2,1-2H3,(H2,22,23,24,25). The quantitative estimate of drug-likeness (QED) is 0.432. The summed E-state index contributed by atoms with van der Waals surface area (Å²) in [6.45, 7) is 2.49. The van der Waals surface area contributed by atoms with Crippen LogP contribution in [-0.2, 0) is 0 Å². The summed E-state index contributed by atoms with van der Waals surface area (Å²) in [6, 6.07) is 14.4. The lowest BCUT2D eigenvalue weighted by Gasteiger charge is -2.06. The minimum absolute atomic E-state index is 0.387. The van der Waals surface area contributed by atoms with E-state index in [0.717, 1.165) is 5.39 Å². The monoisotopic (exact) mass is 409 g/mol. The minimum atomic E-state index is -0.387. The molecule has 4 aromatic rings. The second-order valence-electron chi connectivity index (χ2n) is 6.07. The number of urea groups is 1. The molecule has 4 rings (SSSR count). The van der Waals surface area contributed by atoms with Gasteiger partial charge in [-0.15, -0.1) is 11.3 Å². The molecule has 8 heteroatoms. The van der Waals surface area contributed by atoms with Crippen molar-refractivity contribution in [3.63, 3.8) is 0 Å². The van der Waals surface area contributed by atoms with Crippen LogP contribution in [-0.4, -0.2) is 24.7 Å². The molecule has 2 aromatic carbocycles. The Balaban J connectivity index is 1.49. The summed E-state index contributed by atoms with van der Waals surface area (Å²) < 4.78 is 16.7. The van der Waals surface area contributed by atoms with Crippen molar-refractivity contribution in [3.05, 3.63) is 53.9 Å². The number of methoxy groups -OCH3 is 1. The molecule has 0 fully saturated rings. The molecular formula is C21H19N3O4S. The molecule has 0 aliphatic heterocycles. The van der Waals surface area contributed by atoms with E-state index >= 15 is 0 Å². The molecule has 0 aliphatic carbocycles. The number of para-hydroxylation sites is 1. The van der Waals surface area contributed by atoms with Crippen LogP contribution >= 0.6 is 11.3 Å². The van der Waals surface area contributed by atoms with Crippen molar-refractivity contribution in [3.8, 4) is 23.0 Å². The summed E-state index contributed by atoms with van der Waals surface area (Å²) in [4.78, 5) is 16.7. The van der Waals surface area contributed by atoms with Crippen LogP contribution in [0.4, 0.5) is 15.6 Å². The molecule has 0 saturated carbocycles. The third-order valence-electron chi connectivity index (χ3n) is 4.11. The number of ether oxygens (including phenoxy) is 2. The van der Waals surface area contributed by atoms with E-state index in [1.54, 1.807) is 31.4 Å². The Bertz CT molecular complexity index is 1150. The third kappa shape index (κ3) is 4.17. The summed E-state index contributed by atoms with van der Waals surface area (Å²) >= 11 is 1.32. The van der Waals surface area contributed by atoms with Gasteiger partial charge in [0, 0.05) is 22.5 Å². The Morgan fingerprint density at radius 2 is 2.03 bits per heavy atom. The molecule has 0 atom stereocenters. The number of benzene rings is 2. The first-order valence-corrected chi connectivity index (χ1v) is 9.87. The zero-order valence-electron chi connectivity index (χ0n) is 15.9. The lowest BCUT2D eigenvalue weighted by Crippen LogP contribution is -2.19. The van der Waals surface area contributed by atoms with Gasteiger partial charge in [0.05, 0.1) is 13.7 Å². The van der Waals surface area contributed by atoms with Crippen LogP contribution in [0.15, 0.2) is 58.3 Å². The van der Waals surface area contributed by atoms with Crippen LogP contribution in [0, 0.1) is 0 Å². The highest BCUT2D eigenvalue weighted by molar-refractivity contribution is 7.14. The Labute approximate surface area is 171 Å². The number of amides is 2. The van der Waals surface area contributed by atoms with Crippen molar-refractivity contribution in [1.29, 1.82) is 0 Å². The normalized spacial score (nSPS) is 10.7. The van der Waals surface area contributed by atoms with E-state index < -0.39 is 0 Å². The van der Waals surface area contributed by atoms with Crippen LogP contribution in [0.2, 0.25) is 0 Å². The molecule has 7 nitrogen and oxygen atoms in total. The van der Waals surface area contributed by atoms with Gasteiger partial charge in [0.15, 0.2) is 22.2 Å². The molecule has 0 saturated heterocycles. The molecule has 0 radical (unpaired) electrons. The van der Waals surface area contributed by atoms with Crippen molar-refractivity contribution in [2.24, 2.45) is 0 Å². The lowest BCUT2D eigenvalue weighted by molar-refractivity contribution is 0.262. The van der Waals surface area contributed by atoms with Gasteiger partial charge in [0.1, 0.15) is 11.4 Å². The largest absolute Gasteiger partial charge is 0.497 e.